The standard InChI is InChI=1S/C12H14FN3OS/c13-10-3-1-9(2-4-10)7-15-12(18)16-6-5-14-11(17)8-16/h1-4H,5-8H2,(H,14,17)(H,15,18). The van der Waals surface area contributed by atoms with Crippen LogP contribution >= 0.6 is 12.2 Å². The van der Waals surface area contributed by atoms with Crippen molar-refractivity contribution in [3.8, 4) is 0 Å². The number of thiocarbonyl (C=S) groups is 1. The summed E-state index contributed by atoms with van der Waals surface area (Å²) in [5, 5.41) is 6.35. The molecule has 0 aliphatic carbocycles. The number of piperazine rings is 1. The van der Waals surface area contributed by atoms with Crippen molar-refractivity contribution in [1.29, 1.82) is 0 Å². The molecule has 18 heavy (non-hydrogen) atoms. The SMILES string of the molecule is O=C1CN(C(=S)NCc2ccc(F)cc2)CCN1. The number of hydrogen-bond acceptors (Lipinski definition) is 2. The molecule has 2 N–H and O–H groups in total. The zero-order valence-corrected chi connectivity index (χ0v) is 10.6. The molecular formula is C12H14FN3OS. The number of nitrogens with zero attached hydrogens (tertiary/aromatic N) is 1. The fourth-order valence-electron chi connectivity index (χ4n) is 1.70. The van der Waals surface area contributed by atoms with Gasteiger partial charge in [-0.2, -0.15) is 0 Å². The molecule has 1 aromatic rings. The molecule has 0 saturated carbocycles. The topological polar surface area (TPSA) is 44.4 Å². The van der Waals surface area contributed by atoms with E-state index in [0.717, 1.165) is 5.56 Å². The van der Waals surface area contributed by atoms with Gasteiger partial charge in [-0.1, -0.05) is 12.1 Å². The first kappa shape index (κ1) is 12.8. The summed E-state index contributed by atoms with van der Waals surface area (Å²) >= 11 is 5.21. The third-order valence-corrected chi connectivity index (χ3v) is 3.09. The van der Waals surface area contributed by atoms with E-state index < -0.39 is 0 Å². The summed E-state index contributed by atoms with van der Waals surface area (Å²) in [4.78, 5) is 13.0. The lowest BCUT2D eigenvalue weighted by molar-refractivity contribution is -0.122. The van der Waals surface area contributed by atoms with Gasteiger partial charge in [0.25, 0.3) is 0 Å². The van der Waals surface area contributed by atoms with E-state index in [4.69, 9.17) is 12.2 Å². The van der Waals surface area contributed by atoms with E-state index in [1.54, 1.807) is 12.1 Å². The van der Waals surface area contributed by atoms with Crippen LogP contribution in [-0.4, -0.2) is 35.6 Å². The lowest BCUT2D eigenvalue weighted by Crippen LogP contribution is -2.52. The number of nitrogens with one attached hydrogen (secondary N) is 2. The van der Waals surface area contributed by atoms with Crippen molar-refractivity contribution in [2.45, 2.75) is 6.54 Å². The van der Waals surface area contributed by atoms with Gasteiger partial charge in [0.15, 0.2) is 5.11 Å². The second-order valence-corrected chi connectivity index (χ2v) is 4.44. The third-order valence-electron chi connectivity index (χ3n) is 2.68. The molecule has 4 nitrogen and oxygen atoms in total. The lowest BCUT2D eigenvalue weighted by Gasteiger charge is -2.29. The summed E-state index contributed by atoms with van der Waals surface area (Å²) in [5.41, 5.74) is 0.945. The number of halogens is 1. The number of carbonyl (C=O) groups is 1. The van der Waals surface area contributed by atoms with Crippen LogP contribution in [0.15, 0.2) is 24.3 Å². The van der Waals surface area contributed by atoms with Crippen LogP contribution in [0, 0.1) is 5.82 Å². The van der Waals surface area contributed by atoms with Gasteiger partial charge in [-0.15, -0.1) is 0 Å². The van der Waals surface area contributed by atoms with Gasteiger partial charge in [-0.3, -0.25) is 4.79 Å². The molecule has 0 bridgehead atoms. The first-order valence-corrected chi connectivity index (χ1v) is 6.10. The van der Waals surface area contributed by atoms with Gasteiger partial charge >= 0.3 is 0 Å². The van der Waals surface area contributed by atoms with Crippen LogP contribution in [0.25, 0.3) is 0 Å². The Morgan fingerprint density at radius 3 is 2.83 bits per heavy atom. The normalized spacial score (nSPS) is 15.2. The molecule has 1 saturated heterocycles. The van der Waals surface area contributed by atoms with E-state index in [2.05, 4.69) is 10.6 Å². The van der Waals surface area contributed by atoms with Gasteiger partial charge in [-0.25, -0.2) is 4.39 Å². The second-order valence-electron chi connectivity index (χ2n) is 4.06. The van der Waals surface area contributed by atoms with E-state index in [0.29, 0.717) is 24.7 Å². The summed E-state index contributed by atoms with van der Waals surface area (Å²) < 4.78 is 12.7. The Hall–Kier alpha value is -1.69. The van der Waals surface area contributed by atoms with Crippen LogP contribution in [0.3, 0.4) is 0 Å². The highest BCUT2D eigenvalue weighted by molar-refractivity contribution is 7.80. The lowest BCUT2D eigenvalue weighted by atomic mass is 10.2. The van der Waals surface area contributed by atoms with Gasteiger partial charge in [0.1, 0.15) is 5.82 Å². The quantitative estimate of drug-likeness (QED) is 0.772. The van der Waals surface area contributed by atoms with Gasteiger partial charge in [0.2, 0.25) is 5.91 Å². The van der Waals surface area contributed by atoms with Crippen molar-refractivity contribution in [2.75, 3.05) is 19.6 Å². The summed E-state index contributed by atoms with van der Waals surface area (Å²) in [7, 11) is 0. The Morgan fingerprint density at radius 2 is 2.17 bits per heavy atom. The van der Waals surface area contributed by atoms with Crippen LogP contribution in [0.4, 0.5) is 4.39 Å². The molecule has 96 valence electrons. The molecule has 1 heterocycles. The van der Waals surface area contributed by atoms with Crippen molar-refractivity contribution in [2.24, 2.45) is 0 Å². The van der Waals surface area contributed by atoms with Crippen molar-refractivity contribution < 1.29 is 9.18 Å². The Bertz CT molecular complexity index is 449. The highest BCUT2D eigenvalue weighted by Gasteiger charge is 2.17. The van der Waals surface area contributed by atoms with Gasteiger partial charge in [0, 0.05) is 19.6 Å². The van der Waals surface area contributed by atoms with Crippen LogP contribution < -0.4 is 10.6 Å². The fourth-order valence-corrected chi connectivity index (χ4v) is 1.93. The molecule has 1 fully saturated rings. The van der Waals surface area contributed by atoms with Crippen LogP contribution in [0.5, 0.6) is 0 Å². The van der Waals surface area contributed by atoms with Crippen LogP contribution in [-0.2, 0) is 11.3 Å². The molecule has 0 atom stereocenters. The Balaban J connectivity index is 1.84. The zero-order chi connectivity index (χ0) is 13.0. The monoisotopic (exact) mass is 267 g/mol. The highest BCUT2D eigenvalue weighted by atomic mass is 32.1. The van der Waals surface area contributed by atoms with Gasteiger partial charge in [-0.05, 0) is 29.9 Å². The average Bonchev–Trinajstić information content (AvgIpc) is 2.38. The predicted octanol–water partition coefficient (Wildman–Crippen LogP) is 0.632. The van der Waals surface area contributed by atoms with E-state index in [-0.39, 0.29) is 18.3 Å². The van der Waals surface area contributed by atoms with Crippen LogP contribution in [0.2, 0.25) is 0 Å². The fraction of sp³-hybridized carbons (Fsp3) is 0.333. The second kappa shape index (κ2) is 5.77. The van der Waals surface area contributed by atoms with Crippen molar-refractivity contribution in [3.63, 3.8) is 0 Å². The van der Waals surface area contributed by atoms with Crippen LogP contribution in [0.1, 0.15) is 5.56 Å². The molecule has 2 rings (SSSR count). The molecule has 1 amide bonds. The van der Waals surface area contributed by atoms with Crippen molar-refractivity contribution >= 4 is 23.2 Å². The van der Waals surface area contributed by atoms with Gasteiger partial charge < -0.3 is 15.5 Å². The first-order valence-electron chi connectivity index (χ1n) is 5.69. The van der Waals surface area contributed by atoms with E-state index in [1.165, 1.54) is 12.1 Å². The van der Waals surface area contributed by atoms with E-state index in [1.807, 2.05) is 4.90 Å². The molecule has 6 heteroatoms. The average molecular weight is 267 g/mol. The minimum atomic E-state index is -0.256. The number of carbonyl (C=O) groups excluding carboxylic acids is 1. The highest BCUT2D eigenvalue weighted by Crippen LogP contribution is 2.03. The summed E-state index contributed by atoms with van der Waals surface area (Å²) in [6, 6.07) is 6.23. The van der Waals surface area contributed by atoms with Crippen molar-refractivity contribution in [1.82, 2.24) is 15.5 Å². The number of rotatable bonds is 2. The predicted molar refractivity (Wildman–Crippen MR) is 70.4 cm³/mol. The Morgan fingerprint density at radius 1 is 1.44 bits per heavy atom. The number of amides is 1. The summed E-state index contributed by atoms with van der Waals surface area (Å²) in [6.07, 6.45) is 0. The summed E-state index contributed by atoms with van der Waals surface area (Å²) in [6.45, 7) is 2.13. The van der Waals surface area contributed by atoms with Gasteiger partial charge in [0.05, 0.1) is 6.54 Å². The largest absolute Gasteiger partial charge is 0.358 e. The summed E-state index contributed by atoms with van der Waals surface area (Å²) in [5.74, 6) is -0.277. The van der Waals surface area contributed by atoms with Crippen molar-refractivity contribution in [3.05, 3.63) is 35.6 Å². The molecule has 0 aromatic heterocycles. The minimum Gasteiger partial charge on any atom is -0.358 e. The smallest absolute Gasteiger partial charge is 0.239 e. The number of hydrogen-bond donors (Lipinski definition) is 2. The Kier molecular flexibility index (Phi) is 4.09. The van der Waals surface area contributed by atoms with E-state index >= 15 is 0 Å². The molecular weight excluding hydrogens is 253 g/mol. The molecule has 0 radical (unpaired) electrons. The Labute approximate surface area is 110 Å². The van der Waals surface area contributed by atoms with E-state index in [9.17, 15) is 9.18 Å². The first-order chi connectivity index (χ1) is 8.65. The molecule has 1 aliphatic rings. The molecule has 1 aliphatic heterocycles. The zero-order valence-electron chi connectivity index (χ0n) is 9.78. The maximum atomic E-state index is 12.7. The maximum absolute atomic E-state index is 12.7. The maximum Gasteiger partial charge on any atom is 0.239 e. The number of benzene rings is 1. The third kappa shape index (κ3) is 3.40. The minimum absolute atomic E-state index is 0.0211. The molecule has 0 unspecified atom stereocenters. The molecule has 1 aromatic carbocycles. The molecule has 0 spiro atoms.